The number of aliphatic hydroxyl groups is 1. The molecule has 4 aromatic rings. The van der Waals surface area contributed by atoms with Gasteiger partial charge < -0.3 is 21.1 Å². The van der Waals surface area contributed by atoms with Crippen LogP contribution in [0.3, 0.4) is 0 Å². The van der Waals surface area contributed by atoms with E-state index in [0.29, 0.717) is 39.5 Å². The zero-order chi connectivity index (χ0) is 24.2. The molecule has 0 unspecified atom stereocenters. The molecule has 174 valence electrons. The number of benzene rings is 1. The molecule has 0 aliphatic carbocycles. The van der Waals surface area contributed by atoms with Gasteiger partial charge in [0.05, 0.1) is 24.1 Å². The minimum absolute atomic E-state index is 0.0328. The second-order valence-electron chi connectivity index (χ2n) is 8.87. The molecule has 1 aliphatic rings. The fourth-order valence-electron chi connectivity index (χ4n) is 4.30. The van der Waals surface area contributed by atoms with Gasteiger partial charge in [0.2, 0.25) is 5.91 Å². The van der Waals surface area contributed by atoms with Gasteiger partial charge in [-0.15, -0.1) is 0 Å². The van der Waals surface area contributed by atoms with Crippen LogP contribution in [-0.4, -0.2) is 49.3 Å². The molecule has 4 N–H and O–H groups in total. The Morgan fingerprint density at radius 3 is 2.71 bits per heavy atom. The number of nitrogen functional groups attached to an aromatic ring is 1. The number of nitrogens with two attached hydrogens (primary N) is 1. The number of nitrogens with one attached hydrogen (secondary N) is 1. The quantitative estimate of drug-likeness (QED) is 0.429. The molecule has 1 aromatic carbocycles. The summed E-state index contributed by atoms with van der Waals surface area (Å²) >= 11 is 0. The molecule has 10 heteroatoms. The van der Waals surface area contributed by atoms with E-state index in [1.807, 2.05) is 6.92 Å². The van der Waals surface area contributed by atoms with Crippen LogP contribution in [0.1, 0.15) is 18.2 Å². The Hall–Kier alpha value is -4.05. The molecule has 5 rings (SSSR count). The Kier molecular flexibility index (Phi) is 4.98. The first-order chi connectivity index (χ1) is 16.1. The fraction of sp³-hybridized carbons (Fsp3) is 0.250. The van der Waals surface area contributed by atoms with Crippen molar-refractivity contribution in [1.29, 1.82) is 0 Å². The number of hydrogen-bond acceptors (Lipinski definition) is 7. The molecule has 1 aliphatic heterocycles. The summed E-state index contributed by atoms with van der Waals surface area (Å²) in [5.41, 5.74) is 7.52. The van der Waals surface area contributed by atoms with E-state index in [1.165, 1.54) is 15.6 Å². The van der Waals surface area contributed by atoms with Crippen molar-refractivity contribution in [3.63, 3.8) is 0 Å². The monoisotopic (exact) mass is 461 g/mol. The molecule has 0 bridgehead atoms. The molecule has 0 saturated carbocycles. The van der Waals surface area contributed by atoms with Gasteiger partial charge in [0.15, 0.2) is 5.82 Å². The van der Waals surface area contributed by atoms with Crippen molar-refractivity contribution in [1.82, 2.24) is 24.6 Å². The predicted molar refractivity (Wildman–Crippen MR) is 127 cm³/mol. The Labute approximate surface area is 195 Å². The van der Waals surface area contributed by atoms with E-state index in [2.05, 4.69) is 20.4 Å². The highest BCUT2D eigenvalue weighted by atomic mass is 19.1. The lowest BCUT2D eigenvalue weighted by Crippen LogP contribution is -2.37. The van der Waals surface area contributed by atoms with E-state index in [9.17, 15) is 14.3 Å². The van der Waals surface area contributed by atoms with Crippen molar-refractivity contribution in [2.75, 3.05) is 24.6 Å². The number of hydrogen-bond donors (Lipinski definition) is 3. The van der Waals surface area contributed by atoms with Gasteiger partial charge in [-0.25, -0.2) is 9.37 Å². The number of anilines is 3. The molecule has 34 heavy (non-hydrogen) atoms. The number of nitrogens with zero attached hydrogens (tertiary/aromatic N) is 5. The molecule has 3 aromatic heterocycles. The van der Waals surface area contributed by atoms with Crippen molar-refractivity contribution in [2.24, 2.45) is 0 Å². The van der Waals surface area contributed by atoms with Gasteiger partial charge in [0.25, 0.3) is 0 Å². The third-order valence-electron chi connectivity index (χ3n) is 6.20. The number of fused-ring (bicyclic) bond motifs is 2. The van der Waals surface area contributed by atoms with E-state index < -0.39 is 5.60 Å². The molecule has 0 radical (unpaired) electrons. The molecule has 0 saturated heterocycles. The summed E-state index contributed by atoms with van der Waals surface area (Å²) in [7, 11) is 1.65. The molecular weight excluding hydrogens is 437 g/mol. The maximum Gasteiger partial charge on any atom is 0.244 e. The van der Waals surface area contributed by atoms with E-state index in [0.717, 1.165) is 10.9 Å². The van der Waals surface area contributed by atoms with Crippen molar-refractivity contribution in [3.05, 3.63) is 59.9 Å². The van der Waals surface area contributed by atoms with Crippen molar-refractivity contribution in [2.45, 2.75) is 26.0 Å². The van der Waals surface area contributed by atoms with E-state index in [-0.39, 0.29) is 24.8 Å². The third-order valence-corrected chi connectivity index (χ3v) is 6.20. The zero-order valence-corrected chi connectivity index (χ0v) is 19.0. The molecule has 9 nitrogen and oxygen atoms in total. The van der Waals surface area contributed by atoms with Crippen molar-refractivity contribution < 1.29 is 14.3 Å². The third kappa shape index (κ3) is 3.71. The maximum absolute atomic E-state index is 14.9. The van der Waals surface area contributed by atoms with Crippen LogP contribution in [0.2, 0.25) is 0 Å². The van der Waals surface area contributed by atoms with Gasteiger partial charge >= 0.3 is 0 Å². The lowest BCUT2D eigenvalue weighted by atomic mass is 9.99. The minimum atomic E-state index is -1.25. The first-order valence-corrected chi connectivity index (χ1v) is 10.7. The number of β-amino-alcohol motifs (C(OH)–C–C–N with tert-alkyl or cyclic N) is 1. The van der Waals surface area contributed by atoms with Crippen LogP contribution in [0.5, 0.6) is 0 Å². The van der Waals surface area contributed by atoms with Crippen LogP contribution in [-0.2, 0) is 16.9 Å². The number of likely N-dealkylation sites (N-methyl/N-ethyl adjacent to an activating group) is 1. The van der Waals surface area contributed by atoms with Crippen LogP contribution in [0, 0.1) is 12.7 Å². The molecule has 1 atom stereocenters. The van der Waals surface area contributed by atoms with Gasteiger partial charge in [-0.1, -0.05) is 0 Å². The molecule has 4 heterocycles. The number of carbonyl (C=O) groups excluding carboxylic acids is 1. The Morgan fingerprint density at radius 1 is 1.12 bits per heavy atom. The Balaban J connectivity index is 1.51. The maximum atomic E-state index is 14.9. The van der Waals surface area contributed by atoms with Crippen LogP contribution in [0.15, 0.2) is 42.9 Å². The molecular formula is C24H24FN7O2. The van der Waals surface area contributed by atoms with Gasteiger partial charge in [0.1, 0.15) is 23.8 Å². The molecule has 1 amide bonds. The highest BCUT2D eigenvalue weighted by Crippen LogP contribution is 2.33. The normalized spacial score (nSPS) is 18.1. The summed E-state index contributed by atoms with van der Waals surface area (Å²) in [6.45, 7) is 3.68. The van der Waals surface area contributed by atoms with Gasteiger partial charge in [-0.2, -0.15) is 5.10 Å². The smallest absolute Gasteiger partial charge is 0.244 e. The number of rotatable bonds is 3. The highest BCUT2D eigenvalue weighted by Gasteiger charge is 2.35. The number of aromatic nitrogens is 4. The van der Waals surface area contributed by atoms with E-state index in [1.54, 1.807) is 50.8 Å². The summed E-state index contributed by atoms with van der Waals surface area (Å²) in [4.78, 5) is 22.2. The van der Waals surface area contributed by atoms with Gasteiger partial charge in [-0.05, 0) is 43.0 Å². The van der Waals surface area contributed by atoms with E-state index in [4.69, 9.17) is 5.73 Å². The first-order valence-electron chi connectivity index (χ1n) is 10.7. The Bertz CT molecular complexity index is 1450. The first kappa shape index (κ1) is 21.8. The Morgan fingerprint density at radius 2 is 1.91 bits per heavy atom. The van der Waals surface area contributed by atoms with Crippen LogP contribution >= 0.6 is 0 Å². The lowest BCUT2D eigenvalue weighted by Gasteiger charge is -2.25. The number of halogens is 1. The van der Waals surface area contributed by atoms with Crippen LogP contribution in [0.4, 0.5) is 21.7 Å². The van der Waals surface area contributed by atoms with Crippen LogP contribution < -0.4 is 11.1 Å². The topological polar surface area (TPSA) is 122 Å². The van der Waals surface area contributed by atoms with Crippen molar-refractivity contribution >= 4 is 34.0 Å². The zero-order valence-electron chi connectivity index (χ0n) is 19.0. The summed E-state index contributed by atoms with van der Waals surface area (Å²) in [5, 5.41) is 19.8. The predicted octanol–water partition coefficient (Wildman–Crippen LogP) is 2.95. The SMILES string of the molecule is Cc1c(N)cncc1-c1cc2cc(Nc3cc4n(n3)CC(=O)N(C)C[C@@]4(C)O)ncc2cc1F. The molecule has 0 spiro atoms. The summed E-state index contributed by atoms with van der Waals surface area (Å²) < 4.78 is 16.4. The number of pyridine rings is 2. The van der Waals surface area contributed by atoms with Gasteiger partial charge in [-0.3, -0.25) is 14.5 Å². The average molecular weight is 462 g/mol. The largest absolute Gasteiger partial charge is 0.397 e. The average Bonchev–Trinajstić information content (AvgIpc) is 3.15. The number of carbonyl (C=O) groups is 1. The second-order valence-corrected chi connectivity index (χ2v) is 8.87. The van der Waals surface area contributed by atoms with E-state index >= 15 is 0 Å². The van der Waals surface area contributed by atoms with Crippen LogP contribution in [0.25, 0.3) is 21.9 Å². The summed E-state index contributed by atoms with van der Waals surface area (Å²) in [6.07, 6.45) is 4.71. The lowest BCUT2D eigenvalue weighted by molar-refractivity contribution is -0.132. The second kappa shape index (κ2) is 7.77. The molecule has 0 fully saturated rings. The highest BCUT2D eigenvalue weighted by molar-refractivity contribution is 5.90. The summed E-state index contributed by atoms with van der Waals surface area (Å²) in [5.74, 6) is 0.403. The fourth-order valence-corrected chi connectivity index (χ4v) is 4.30. The van der Waals surface area contributed by atoms with Crippen molar-refractivity contribution in [3.8, 4) is 11.1 Å². The van der Waals surface area contributed by atoms with Gasteiger partial charge in [0, 0.05) is 42.0 Å². The minimum Gasteiger partial charge on any atom is -0.397 e. The summed E-state index contributed by atoms with van der Waals surface area (Å²) in [6, 6.07) is 6.66. The number of amides is 1. The standard InChI is InChI=1S/C24H24FN7O2/c1-13-17(9-27-10-19(13)26)16-4-14-6-21(28-8-15(14)5-18(16)25)29-22-7-20-24(2,34)12-31(3)23(33)11-32(20)30-22/h4-10,34H,11-12,26H2,1-3H3,(H,28,29,30)/t24-/m1/s1.